The molecule has 0 aliphatic carbocycles. The molecule has 2 aliphatic heterocycles. The van der Waals surface area contributed by atoms with Crippen LogP contribution in [0, 0.1) is 6.92 Å². The van der Waals surface area contributed by atoms with Gasteiger partial charge in [-0.05, 0) is 101 Å². The summed E-state index contributed by atoms with van der Waals surface area (Å²) >= 11 is 0. The Kier molecular flexibility index (Phi) is 7.77. The lowest BCUT2D eigenvalue weighted by molar-refractivity contribution is -0.160. The van der Waals surface area contributed by atoms with E-state index in [1.165, 1.54) is 0 Å². The lowest BCUT2D eigenvalue weighted by Gasteiger charge is -2.29. The van der Waals surface area contributed by atoms with Crippen molar-refractivity contribution in [3.05, 3.63) is 89.6 Å². The number of carboxylic acid groups (broad SMARTS) is 1. The summed E-state index contributed by atoms with van der Waals surface area (Å²) in [6, 6.07) is 24.5. The van der Waals surface area contributed by atoms with Crippen molar-refractivity contribution in [2.24, 2.45) is 0 Å². The molecule has 1 N–H and O–H groups in total. The van der Waals surface area contributed by atoms with Gasteiger partial charge in [-0.1, -0.05) is 36.4 Å². The summed E-state index contributed by atoms with van der Waals surface area (Å²) in [5.41, 5.74) is 7.35. The highest BCUT2D eigenvalue weighted by molar-refractivity contribution is 5.82. The minimum atomic E-state index is -1.25. The molecule has 2 atom stereocenters. The summed E-state index contributed by atoms with van der Waals surface area (Å²) in [4.78, 5) is 17.8. The van der Waals surface area contributed by atoms with E-state index in [4.69, 9.17) is 24.3 Å². The lowest BCUT2D eigenvalue weighted by Crippen LogP contribution is -2.29. The summed E-state index contributed by atoms with van der Waals surface area (Å²) in [7, 11) is 0. The van der Waals surface area contributed by atoms with Crippen molar-refractivity contribution in [1.82, 2.24) is 14.6 Å². The van der Waals surface area contributed by atoms with Crippen LogP contribution >= 0.6 is 0 Å². The molecule has 6 bridgehead atoms. The molecule has 0 spiro atoms. The Morgan fingerprint density at radius 1 is 0.913 bits per heavy atom. The number of carbonyl (C=O) groups is 1. The first-order chi connectivity index (χ1) is 22.2. The molecule has 3 aromatic carbocycles. The first kappa shape index (κ1) is 30.0. The predicted octanol–water partition coefficient (Wildman–Crippen LogP) is 8.41. The van der Waals surface area contributed by atoms with Gasteiger partial charge in [0.05, 0.1) is 30.2 Å². The zero-order valence-corrected chi connectivity index (χ0v) is 26.7. The van der Waals surface area contributed by atoms with Gasteiger partial charge in [0.2, 0.25) is 0 Å². The van der Waals surface area contributed by atoms with E-state index in [0.29, 0.717) is 41.7 Å². The van der Waals surface area contributed by atoms with Crippen LogP contribution in [0.5, 0.6) is 11.5 Å². The van der Waals surface area contributed by atoms with Crippen LogP contribution in [0.1, 0.15) is 75.3 Å². The number of aryl methyl sites for hydroxylation is 1. The zero-order valence-electron chi connectivity index (χ0n) is 26.7. The van der Waals surface area contributed by atoms with Crippen LogP contribution < -0.4 is 9.47 Å². The van der Waals surface area contributed by atoms with Crippen LogP contribution in [0.2, 0.25) is 0 Å². The topological polar surface area (TPSA) is 95.2 Å². The van der Waals surface area contributed by atoms with Gasteiger partial charge in [0.15, 0.2) is 11.8 Å². The van der Waals surface area contributed by atoms with E-state index in [2.05, 4.69) is 24.3 Å². The van der Waals surface area contributed by atoms with Gasteiger partial charge in [-0.25, -0.2) is 14.3 Å². The Labute approximate surface area is 269 Å². The summed E-state index contributed by atoms with van der Waals surface area (Å²) < 4.78 is 20.5. The van der Waals surface area contributed by atoms with Crippen LogP contribution in [0.15, 0.2) is 72.8 Å². The third-order valence-corrected chi connectivity index (χ3v) is 8.80. The van der Waals surface area contributed by atoms with Crippen molar-refractivity contribution in [3.8, 4) is 45.1 Å². The van der Waals surface area contributed by atoms with Crippen LogP contribution in [0.25, 0.3) is 39.3 Å². The fraction of sp³-hybridized carbons (Fsp3) is 0.342. The molecule has 236 valence electrons. The third kappa shape index (κ3) is 5.73. The molecule has 46 heavy (non-hydrogen) atoms. The van der Waals surface area contributed by atoms with Gasteiger partial charge in [-0.2, -0.15) is 5.10 Å². The monoisotopic (exact) mass is 617 g/mol. The molecule has 0 saturated carbocycles. The summed E-state index contributed by atoms with van der Waals surface area (Å²) in [5.74, 6) is 0.974. The van der Waals surface area contributed by atoms with Crippen LogP contribution in [-0.2, 0) is 9.53 Å². The van der Waals surface area contributed by atoms with E-state index < -0.39 is 17.7 Å². The maximum atomic E-state index is 12.9. The van der Waals surface area contributed by atoms with E-state index in [1.54, 1.807) is 4.52 Å². The highest BCUT2D eigenvalue weighted by atomic mass is 16.5. The molecule has 8 nitrogen and oxygen atoms in total. The molecule has 8 heteroatoms. The number of benzene rings is 3. The van der Waals surface area contributed by atoms with Crippen molar-refractivity contribution < 1.29 is 24.1 Å². The van der Waals surface area contributed by atoms with Crippen LogP contribution in [-0.4, -0.2) is 44.5 Å². The standard InChI is InChI=1S/C38H39N3O5/c1-23-34(36(37(42)43)46-38(2,3)4)35-27-15-16-32-29(21-27)24(17-19-45-32)10-7-8-18-44-31-14-6-5-13-28(31)25-11-9-12-26(20-25)30-22-33(39-23)41(35)40-30/h5-6,9,11-16,20-22,24,36H,7-8,10,17-19H2,1-4H3,(H,42,43)/t24-,36-/m0/s1. The maximum Gasteiger partial charge on any atom is 0.337 e. The molecule has 2 aliphatic rings. The number of para-hydroxylation sites is 1. The normalized spacial score (nSPS) is 16.9. The Bertz CT molecular complexity index is 1940. The molecular formula is C38H39N3O5. The van der Waals surface area contributed by atoms with Gasteiger partial charge in [0.1, 0.15) is 11.5 Å². The maximum absolute atomic E-state index is 12.9. The Balaban J connectivity index is 1.50. The van der Waals surface area contributed by atoms with E-state index in [-0.39, 0.29) is 0 Å². The largest absolute Gasteiger partial charge is 0.493 e. The van der Waals surface area contributed by atoms with Gasteiger partial charge in [0.25, 0.3) is 0 Å². The van der Waals surface area contributed by atoms with Gasteiger partial charge in [-0.3, -0.25) is 0 Å². The Morgan fingerprint density at radius 2 is 1.72 bits per heavy atom. The number of hydrogen-bond acceptors (Lipinski definition) is 6. The van der Waals surface area contributed by atoms with E-state index in [9.17, 15) is 9.90 Å². The molecule has 2 aromatic heterocycles. The molecular weight excluding hydrogens is 578 g/mol. The van der Waals surface area contributed by atoms with Crippen LogP contribution in [0.4, 0.5) is 0 Å². The average Bonchev–Trinajstić information content (AvgIpc) is 3.46. The predicted molar refractivity (Wildman–Crippen MR) is 177 cm³/mol. The highest BCUT2D eigenvalue weighted by Gasteiger charge is 2.34. The van der Waals surface area contributed by atoms with Gasteiger partial charge in [0, 0.05) is 34.0 Å². The zero-order chi connectivity index (χ0) is 32.0. The number of hydrogen-bond donors (Lipinski definition) is 1. The van der Waals surface area contributed by atoms with Gasteiger partial charge >= 0.3 is 5.97 Å². The van der Waals surface area contributed by atoms with E-state index in [0.717, 1.165) is 70.7 Å². The number of ether oxygens (including phenoxy) is 3. The second-order valence-corrected chi connectivity index (χ2v) is 13.2. The number of fused-ring (bicyclic) bond motifs is 8. The Hall–Kier alpha value is -4.69. The molecule has 0 fully saturated rings. The fourth-order valence-electron chi connectivity index (χ4n) is 6.72. The molecule has 4 heterocycles. The molecule has 0 amide bonds. The number of rotatable bonds is 3. The van der Waals surface area contributed by atoms with Crippen molar-refractivity contribution in [2.75, 3.05) is 13.2 Å². The van der Waals surface area contributed by atoms with Crippen LogP contribution in [0.3, 0.4) is 0 Å². The summed E-state index contributed by atoms with van der Waals surface area (Å²) in [6.45, 7) is 8.75. The molecule has 0 radical (unpaired) electrons. The van der Waals surface area contributed by atoms with Gasteiger partial charge in [-0.15, -0.1) is 0 Å². The second kappa shape index (κ2) is 11.9. The SMILES string of the molecule is Cc1nc2cc3nn2c(c1[C@H](OC(C)(C)C)C(=O)O)-c1ccc2c(c1)[C@@H](CCCCOc1ccccc1-c1cccc-3c1)CCO2. The lowest BCUT2D eigenvalue weighted by atomic mass is 9.86. The summed E-state index contributed by atoms with van der Waals surface area (Å²) in [6.07, 6.45) is 2.62. The molecule has 5 aromatic rings. The van der Waals surface area contributed by atoms with Gasteiger partial charge < -0.3 is 19.3 Å². The first-order valence-electron chi connectivity index (χ1n) is 16.1. The number of nitrogens with zero attached hydrogens (tertiary/aromatic N) is 3. The Morgan fingerprint density at radius 3 is 2.54 bits per heavy atom. The number of aliphatic carboxylic acids is 1. The highest BCUT2D eigenvalue weighted by Crippen LogP contribution is 2.42. The summed E-state index contributed by atoms with van der Waals surface area (Å²) in [5, 5.41) is 15.6. The minimum absolute atomic E-state index is 0.311. The molecule has 0 unspecified atom stereocenters. The minimum Gasteiger partial charge on any atom is -0.493 e. The van der Waals surface area contributed by atoms with Crippen molar-refractivity contribution in [2.45, 2.75) is 71.0 Å². The number of carboxylic acids is 1. The molecule has 0 saturated heterocycles. The smallest absolute Gasteiger partial charge is 0.337 e. The first-order valence-corrected chi connectivity index (χ1v) is 16.1. The third-order valence-electron chi connectivity index (χ3n) is 8.80. The quantitative estimate of drug-likeness (QED) is 0.217. The number of aromatic nitrogens is 3. The van der Waals surface area contributed by atoms with Crippen molar-refractivity contribution in [1.29, 1.82) is 0 Å². The van der Waals surface area contributed by atoms with E-state index >= 15 is 0 Å². The second-order valence-electron chi connectivity index (χ2n) is 13.2. The average molecular weight is 618 g/mol. The van der Waals surface area contributed by atoms with Crippen molar-refractivity contribution in [3.63, 3.8) is 0 Å². The van der Waals surface area contributed by atoms with Crippen molar-refractivity contribution >= 4 is 11.6 Å². The van der Waals surface area contributed by atoms with E-state index in [1.807, 2.05) is 76.2 Å². The molecule has 7 rings (SSSR count). The fourth-order valence-corrected chi connectivity index (χ4v) is 6.72.